The van der Waals surface area contributed by atoms with Crippen molar-refractivity contribution in [2.24, 2.45) is 5.41 Å². The third-order valence-electron chi connectivity index (χ3n) is 2.80. The molecule has 86 valence electrons. The molecule has 0 spiro atoms. The molecule has 1 unspecified atom stereocenters. The summed E-state index contributed by atoms with van der Waals surface area (Å²) in [6.45, 7) is 11.5. The van der Waals surface area contributed by atoms with Crippen molar-refractivity contribution >= 4 is 10.0 Å². The van der Waals surface area contributed by atoms with Gasteiger partial charge < -0.3 is 0 Å². The molecule has 0 amide bonds. The molecule has 0 aliphatic heterocycles. The highest BCUT2D eigenvalue weighted by molar-refractivity contribution is 7.89. The van der Waals surface area contributed by atoms with Crippen LogP contribution in [0.25, 0.3) is 0 Å². The van der Waals surface area contributed by atoms with Crippen LogP contribution in [0, 0.1) is 5.41 Å². The van der Waals surface area contributed by atoms with Crippen LogP contribution in [-0.4, -0.2) is 31.1 Å². The zero-order chi connectivity index (χ0) is 11.7. The second-order valence-electron chi connectivity index (χ2n) is 5.15. The molecule has 0 radical (unpaired) electrons. The molecule has 0 saturated carbocycles. The van der Waals surface area contributed by atoms with Gasteiger partial charge in [0, 0.05) is 13.1 Å². The zero-order valence-corrected chi connectivity index (χ0v) is 11.1. The molecule has 4 heteroatoms. The van der Waals surface area contributed by atoms with Gasteiger partial charge in [-0.05, 0) is 26.2 Å². The summed E-state index contributed by atoms with van der Waals surface area (Å²) in [6.07, 6.45) is 0. The molecule has 0 aromatic heterocycles. The Morgan fingerprint density at radius 1 is 1.07 bits per heavy atom. The summed E-state index contributed by atoms with van der Waals surface area (Å²) < 4.78 is 25.2. The van der Waals surface area contributed by atoms with E-state index in [1.54, 1.807) is 20.9 Å². The highest BCUT2D eigenvalue weighted by atomic mass is 32.2. The molecule has 0 fully saturated rings. The molecular formula is C10H23NO2S. The van der Waals surface area contributed by atoms with Gasteiger partial charge in [0.1, 0.15) is 0 Å². The van der Waals surface area contributed by atoms with Gasteiger partial charge >= 0.3 is 0 Å². The Hall–Kier alpha value is -0.0900. The molecule has 0 heterocycles. The van der Waals surface area contributed by atoms with E-state index in [1.165, 1.54) is 4.31 Å². The van der Waals surface area contributed by atoms with Crippen molar-refractivity contribution in [1.29, 1.82) is 0 Å². The fourth-order valence-electron chi connectivity index (χ4n) is 1.10. The van der Waals surface area contributed by atoms with Gasteiger partial charge in [0.05, 0.1) is 5.25 Å². The third kappa shape index (κ3) is 2.95. The minimum Gasteiger partial charge on any atom is -0.212 e. The summed E-state index contributed by atoms with van der Waals surface area (Å²) in [5.74, 6) is 0. The lowest BCUT2D eigenvalue weighted by Gasteiger charge is -2.35. The minimum absolute atomic E-state index is 0.00917. The van der Waals surface area contributed by atoms with Crippen LogP contribution in [0.3, 0.4) is 0 Å². The molecule has 0 aromatic rings. The van der Waals surface area contributed by atoms with Crippen LogP contribution in [0.15, 0.2) is 0 Å². The molecule has 0 aromatic carbocycles. The van der Waals surface area contributed by atoms with E-state index in [0.717, 1.165) is 0 Å². The summed E-state index contributed by atoms with van der Waals surface area (Å²) >= 11 is 0. The first kappa shape index (κ1) is 13.9. The monoisotopic (exact) mass is 221 g/mol. The lowest BCUT2D eigenvalue weighted by molar-refractivity contribution is 0.215. The lowest BCUT2D eigenvalue weighted by Crippen LogP contribution is -2.45. The van der Waals surface area contributed by atoms with E-state index in [-0.39, 0.29) is 16.7 Å². The van der Waals surface area contributed by atoms with Gasteiger partial charge in [0.15, 0.2) is 0 Å². The number of sulfonamides is 1. The highest BCUT2D eigenvalue weighted by Crippen LogP contribution is 2.25. The maximum atomic E-state index is 11.8. The van der Waals surface area contributed by atoms with Gasteiger partial charge in [-0.15, -0.1) is 0 Å². The first-order valence-electron chi connectivity index (χ1n) is 4.98. The number of nitrogens with zero attached hydrogens (tertiary/aromatic N) is 1. The van der Waals surface area contributed by atoms with E-state index >= 15 is 0 Å². The molecule has 14 heavy (non-hydrogen) atoms. The van der Waals surface area contributed by atoms with Gasteiger partial charge in [0.25, 0.3) is 0 Å². The highest BCUT2D eigenvalue weighted by Gasteiger charge is 2.32. The lowest BCUT2D eigenvalue weighted by atomic mass is 9.88. The van der Waals surface area contributed by atoms with E-state index in [9.17, 15) is 8.42 Å². The fourth-order valence-corrected chi connectivity index (χ4v) is 2.52. The summed E-state index contributed by atoms with van der Waals surface area (Å²) in [5, 5.41) is -0.350. The quantitative estimate of drug-likeness (QED) is 0.732. The van der Waals surface area contributed by atoms with E-state index in [4.69, 9.17) is 0 Å². The van der Waals surface area contributed by atoms with Crippen molar-refractivity contribution in [2.45, 2.75) is 52.8 Å². The summed E-state index contributed by atoms with van der Waals surface area (Å²) in [7, 11) is -1.47. The number of hydrogen-bond acceptors (Lipinski definition) is 2. The smallest absolute Gasteiger partial charge is 0.212 e. The van der Waals surface area contributed by atoms with Gasteiger partial charge in [0.2, 0.25) is 10.0 Å². The minimum atomic E-state index is -3.13. The van der Waals surface area contributed by atoms with E-state index < -0.39 is 10.0 Å². The molecular weight excluding hydrogens is 198 g/mol. The van der Waals surface area contributed by atoms with Crippen LogP contribution in [0.2, 0.25) is 0 Å². The Bertz CT molecular complexity index is 275. The normalized spacial score (nSPS) is 16.4. The summed E-state index contributed by atoms with van der Waals surface area (Å²) in [4.78, 5) is 0. The van der Waals surface area contributed by atoms with Crippen molar-refractivity contribution in [3.8, 4) is 0 Å². The van der Waals surface area contributed by atoms with Crippen molar-refractivity contribution in [3.05, 3.63) is 0 Å². The molecule has 1 atom stereocenters. The Labute approximate surface area is 88.5 Å². The fraction of sp³-hybridized carbons (Fsp3) is 1.00. The first-order valence-corrected chi connectivity index (χ1v) is 6.48. The third-order valence-corrected chi connectivity index (χ3v) is 5.11. The molecule has 0 saturated heterocycles. The Balaban J connectivity index is 4.90. The molecule has 0 aliphatic rings. The summed E-state index contributed by atoms with van der Waals surface area (Å²) in [5.41, 5.74) is -0.0310. The average molecular weight is 221 g/mol. The van der Waals surface area contributed by atoms with Crippen LogP contribution in [0.1, 0.15) is 41.5 Å². The number of hydrogen-bond donors (Lipinski definition) is 0. The summed E-state index contributed by atoms with van der Waals surface area (Å²) in [6, 6.07) is 0.00917. The second kappa shape index (κ2) is 4.19. The maximum absolute atomic E-state index is 11.8. The standard InChI is InChI=1S/C10H23NO2S/c1-8(2)14(12,13)11(7)9(3)10(4,5)6/h8-9H,1-7H3. The van der Waals surface area contributed by atoms with E-state index in [0.29, 0.717) is 0 Å². The van der Waals surface area contributed by atoms with Gasteiger partial charge in [-0.2, -0.15) is 0 Å². The topological polar surface area (TPSA) is 37.4 Å². The maximum Gasteiger partial charge on any atom is 0.216 e. The predicted molar refractivity (Wildman–Crippen MR) is 60.7 cm³/mol. The van der Waals surface area contributed by atoms with Crippen molar-refractivity contribution in [2.75, 3.05) is 7.05 Å². The predicted octanol–water partition coefficient (Wildman–Crippen LogP) is 2.09. The second-order valence-corrected chi connectivity index (χ2v) is 7.70. The zero-order valence-electron chi connectivity index (χ0n) is 10.3. The molecule has 0 aliphatic carbocycles. The largest absolute Gasteiger partial charge is 0.216 e. The van der Waals surface area contributed by atoms with Crippen LogP contribution in [0.5, 0.6) is 0 Å². The first-order chi connectivity index (χ1) is 6.01. The van der Waals surface area contributed by atoms with E-state index in [2.05, 4.69) is 0 Å². The van der Waals surface area contributed by atoms with Crippen molar-refractivity contribution in [1.82, 2.24) is 4.31 Å². The molecule has 0 bridgehead atoms. The Morgan fingerprint density at radius 3 is 1.64 bits per heavy atom. The van der Waals surface area contributed by atoms with Crippen LogP contribution in [-0.2, 0) is 10.0 Å². The Kier molecular flexibility index (Phi) is 4.16. The number of rotatable bonds is 3. The van der Waals surface area contributed by atoms with Crippen molar-refractivity contribution in [3.63, 3.8) is 0 Å². The van der Waals surface area contributed by atoms with E-state index in [1.807, 2.05) is 27.7 Å². The Morgan fingerprint density at radius 2 is 1.43 bits per heavy atom. The van der Waals surface area contributed by atoms with Crippen LogP contribution < -0.4 is 0 Å². The SMILES string of the molecule is CC(N(C)S(=O)(=O)C(C)C)C(C)(C)C. The van der Waals surface area contributed by atoms with Crippen LogP contribution >= 0.6 is 0 Å². The van der Waals surface area contributed by atoms with Gasteiger partial charge in [-0.1, -0.05) is 20.8 Å². The van der Waals surface area contributed by atoms with Gasteiger partial charge in [-0.3, -0.25) is 0 Å². The average Bonchev–Trinajstić information content (AvgIpc) is 1.99. The molecule has 0 rings (SSSR count). The molecule has 0 N–H and O–H groups in total. The van der Waals surface area contributed by atoms with Crippen LogP contribution in [0.4, 0.5) is 0 Å². The van der Waals surface area contributed by atoms with Crippen molar-refractivity contribution < 1.29 is 8.42 Å². The molecule has 3 nitrogen and oxygen atoms in total. The van der Waals surface area contributed by atoms with Gasteiger partial charge in [-0.25, -0.2) is 12.7 Å².